The number of ether oxygens (including phenoxy) is 1. The molecule has 2 rings (SSSR count). The van der Waals surface area contributed by atoms with Crippen molar-refractivity contribution < 1.29 is 9.53 Å². The molecule has 20 heavy (non-hydrogen) atoms. The second-order valence-electron chi connectivity index (χ2n) is 5.09. The summed E-state index contributed by atoms with van der Waals surface area (Å²) in [5.41, 5.74) is 0. The summed E-state index contributed by atoms with van der Waals surface area (Å²) in [5.74, 6) is 0.626. The van der Waals surface area contributed by atoms with Crippen LogP contribution in [0.4, 0.5) is 10.6 Å². The van der Waals surface area contributed by atoms with Crippen molar-refractivity contribution in [2.45, 2.75) is 38.8 Å². The van der Waals surface area contributed by atoms with Gasteiger partial charge < -0.3 is 15.0 Å². The maximum atomic E-state index is 11.9. The summed E-state index contributed by atoms with van der Waals surface area (Å²) >= 11 is 5.80. The monoisotopic (exact) mass is 298 g/mol. The van der Waals surface area contributed by atoms with Crippen LogP contribution in [0, 0.1) is 0 Å². The van der Waals surface area contributed by atoms with Crippen LogP contribution in [0.3, 0.4) is 0 Å². The maximum Gasteiger partial charge on any atom is 0.410 e. The van der Waals surface area contributed by atoms with Crippen molar-refractivity contribution in [2.75, 3.05) is 18.4 Å². The number of rotatable bonds is 3. The van der Waals surface area contributed by atoms with Gasteiger partial charge in [-0.25, -0.2) is 9.78 Å². The van der Waals surface area contributed by atoms with Crippen LogP contribution in [-0.4, -0.2) is 46.2 Å². The highest BCUT2D eigenvalue weighted by atomic mass is 35.5. The van der Waals surface area contributed by atoms with Crippen LogP contribution < -0.4 is 5.32 Å². The number of carbonyl (C=O) groups excluding carboxylic acids is 1. The number of carbonyl (C=O) groups is 1. The summed E-state index contributed by atoms with van der Waals surface area (Å²) in [6, 6.07) is 0.135. The summed E-state index contributed by atoms with van der Waals surface area (Å²) in [7, 11) is 0. The van der Waals surface area contributed by atoms with Crippen LogP contribution >= 0.6 is 11.6 Å². The molecule has 1 aromatic rings. The number of amides is 1. The van der Waals surface area contributed by atoms with Gasteiger partial charge in [0, 0.05) is 19.1 Å². The van der Waals surface area contributed by atoms with Crippen LogP contribution in [0.15, 0.2) is 12.4 Å². The SMILES string of the molecule is CC(C)OC(=O)N1CCCC(Nc2cncc(Cl)n2)C1. The topological polar surface area (TPSA) is 67.3 Å². The van der Waals surface area contributed by atoms with Gasteiger partial charge in [0.15, 0.2) is 0 Å². The van der Waals surface area contributed by atoms with Gasteiger partial charge in [-0.1, -0.05) is 11.6 Å². The zero-order valence-corrected chi connectivity index (χ0v) is 12.4. The Labute approximate surface area is 123 Å². The fraction of sp³-hybridized carbons (Fsp3) is 0.615. The standard InChI is InChI=1S/C13H19ClN4O2/c1-9(2)20-13(19)18-5-3-4-10(8-18)16-12-7-15-6-11(14)17-12/h6-7,9-10H,3-5,8H2,1-2H3,(H,16,17). The molecule has 0 spiro atoms. The van der Waals surface area contributed by atoms with Gasteiger partial charge in [-0.3, -0.25) is 4.98 Å². The molecule has 6 nitrogen and oxygen atoms in total. The molecular formula is C13H19ClN4O2. The molecule has 7 heteroatoms. The Hall–Kier alpha value is -1.56. The van der Waals surface area contributed by atoms with Crippen LogP contribution in [-0.2, 0) is 4.74 Å². The Morgan fingerprint density at radius 1 is 1.55 bits per heavy atom. The molecule has 0 radical (unpaired) electrons. The Bertz CT molecular complexity index is 469. The molecule has 110 valence electrons. The lowest BCUT2D eigenvalue weighted by atomic mass is 10.1. The smallest absolute Gasteiger partial charge is 0.410 e. The summed E-state index contributed by atoms with van der Waals surface area (Å²) in [5, 5.41) is 3.60. The molecule has 1 aliphatic rings. The largest absolute Gasteiger partial charge is 0.447 e. The molecule has 1 atom stereocenters. The van der Waals surface area contributed by atoms with Crippen LogP contribution in [0.25, 0.3) is 0 Å². The number of likely N-dealkylation sites (tertiary alicyclic amines) is 1. The second-order valence-corrected chi connectivity index (χ2v) is 5.48. The van der Waals surface area contributed by atoms with E-state index in [2.05, 4.69) is 15.3 Å². The van der Waals surface area contributed by atoms with E-state index in [-0.39, 0.29) is 18.2 Å². The first kappa shape index (κ1) is 14.8. The Morgan fingerprint density at radius 2 is 2.35 bits per heavy atom. The van der Waals surface area contributed by atoms with Crippen molar-refractivity contribution in [3.8, 4) is 0 Å². The minimum absolute atomic E-state index is 0.102. The van der Waals surface area contributed by atoms with E-state index >= 15 is 0 Å². The number of aromatic nitrogens is 2. The third kappa shape index (κ3) is 4.23. The van der Waals surface area contributed by atoms with Gasteiger partial charge in [-0.05, 0) is 26.7 Å². The van der Waals surface area contributed by atoms with E-state index in [9.17, 15) is 4.79 Å². The summed E-state index contributed by atoms with van der Waals surface area (Å²) < 4.78 is 5.22. The first-order valence-corrected chi connectivity index (χ1v) is 7.12. The van der Waals surface area contributed by atoms with Gasteiger partial charge in [0.1, 0.15) is 11.0 Å². The zero-order valence-electron chi connectivity index (χ0n) is 11.7. The molecule has 1 N–H and O–H groups in total. The summed E-state index contributed by atoms with van der Waals surface area (Å²) in [4.78, 5) is 21.7. The molecule has 1 amide bonds. The number of anilines is 1. The van der Waals surface area contributed by atoms with Crippen LogP contribution in [0.1, 0.15) is 26.7 Å². The van der Waals surface area contributed by atoms with Gasteiger partial charge in [-0.15, -0.1) is 0 Å². The van der Waals surface area contributed by atoms with Crippen molar-refractivity contribution >= 4 is 23.5 Å². The fourth-order valence-corrected chi connectivity index (χ4v) is 2.31. The van der Waals surface area contributed by atoms with E-state index < -0.39 is 0 Å². The summed E-state index contributed by atoms with van der Waals surface area (Å²) in [6.07, 6.45) is 4.65. The van der Waals surface area contributed by atoms with E-state index in [1.54, 1.807) is 11.1 Å². The molecule has 1 saturated heterocycles. The molecule has 0 bridgehead atoms. The number of halogens is 1. The maximum absolute atomic E-state index is 11.9. The van der Waals surface area contributed by atoms with E-state index in [1.165, 1.54) is 6.20 Å². The Balaban J connectivity index is 1.92. The molecule has 1 unspecified atom stereocenters. The minimum Gasteiger partial charge on any atom is -0.447 e. The lowest BCUT2D eigenvalue weighted by Crippen LogP contribution is -2.46. The normalized spacial score (nSPS) is 19.0. The molecule has 2 heterocycles. The molecular weight excluding hydrogens is 280 g/mol. The average Bonchev–Trinajstić information content (AvgIpc) is 2.38. The zero-order chi connectivity index (χ0) is 14.5. The molecule has 1 aromatic heterocycles. The number of hydrogen-bond acceptors (Lipinski definition) is 5. The van der Waals surface area contributed by atoms with Crippen molar-refractivity contribution in [3.05, 3.63) is 17.5 Å². The van der Waals surface area contributed by atoms with Crippen LogP contribution in [0.5, 0.6) is 0 Å². The second kappa shape index (κ2) is 6.74. The predicted octanol–water partition coefficient (Wildman–Crippen LogP) is 2.55. The molecule has 0 saturated carbocycles. The number of piperidine rings is 1. The minimum atomic E-state index is -0.260. The van der Waals surface area contributed by atoms with Gasteiger partial charge in [0.25, 0.3) is 0 Å². The van der Waals surface area contributed by atoms with E-state index in [0.717, 1.165) is 19.4 Å². The van der Waals surface area contributed by atoms with Crippen molar-refractivity contribution in [3.63, 3.8) is 0 Å². The number of nitrogens with one attached hydrogen (secondary N) is 1. The number of hydrogen-bond donors (Lipinski definition) is 1. The molecule has 1 fully saturated rings. The van der Waals surface area contributed by atoms with Gasteiger partial charge >= 0.3 is 6.09 Å². The lowest BCUT2D eigenvalue weighted by Gasteiger charge is -2.33. The molecule has 1 aliphatic heterocycles. The van der Waals surface area contributed by atoms with Crippen molar-refractivity contribution in [1.29, 1.82) is 0 Å². The highest BCUT2D eigenvalue weighted by Gasteiger charge is 2.25. The van der Waals surface area contributed by atoms with Crippen molar-refractivity contribution in [1.82, 2.24) is 14.9 Å². The first-order chi connectivity index (χ1) is 9.54. The Morgan fingerprint density at radius 3 is 3.05 bits per heavy atom. The molecule has 0 aromatic carbocycles. The third-order valence-electron chi connectivity index (χ3n) is 2.97. The van der Waals surface area contributed by atoms with E-state index in [0.29, 0.717) is 17.5 Å². The van der Waals surface area contributed by atoms with Gasteiger partial charge in [0.05, 0.1) is 18.5 Å². The third-order valence-corrected chi connectivity index (χ3v) is 3.16. The van der Waals surface area contributed by atoms with E-state index in [1.807, 2.05) is 13.8 Å². The fourth-order valence-electron chi connectivity index (χ4n) is 2.16. The lowest BCUT2D eigenvalue weighted by molar-refractivity contribution is 0.0695. The number of nitrogens with zero attached hydrogens (tertiary/aromatic N) is 3. The van der Waals surface area contributed by atoms with Gasteiger partial charge in [-0.2, -0.15) is 0 Å². The first-order valence-electron chi connectivity index (χ1n) is 6.74. The van der Waals surface area contributed by atoms with Crippen LogP contribution in [0.2, 0.25) is 5.15 Å². The predicted molar refractivity (Wildman–Crippen MR) is 76.9 cm³/mol. The van der Waals surface area contributed by atoms with Gasteiger partial charge in [0.2, 0.25) is 0 Å². The average molecular weight is 299 g/mol. The Kier molecular flexibility index (Phi) is 5.00. The van der Waals surface area contributed by atoms with Crippen molar-refractivity contribution in [2.24, 2.45) is 0 Å². The highest BCUT2D eigenvalue weighted by Crippen LogP contribution is 2.16. The van der Waals surface area contributed by atoms with E-state index in [4.69, 9.17) is 16.3 Å². The summed E-state index contributed by atoms with van der Waals surface area (Å²) in [6.45, 7) is 5.02. The highest BCUT2D eigenvalue weighted by molar-refractivity contribution is 6.29. The quantitative estimate of drug-likeness (QED) is 0.929. The molecule has 0 aliphatic carbocycles.